The molecular formula is C13H24N2O5. The van der Waals surface area contributed by atoms with Crippen LogP contribution in [0.2, 0.25) is 0 Å². The van der Waals surface area contributed by atoms with E-state index in [-0.39, 0.29) is 32.2 Å². The highest BCUT2D eigenvalue weighted by molar-refractivity contribution is 5.73. The minimum Gasteiger partial charge on any atom is -0.481 e. The van der Waals surface area contributed by atoms with E-state index in [1.54, 1.807) is 27.7 Å². The van der Waals surface area contributed by atoms with Crippen LogP contribution in [0.4, 0.5) is 4.79 Å². The Morgan fingerprint density at radius 1 is 1.40 bits per heavy atom. The van der Waals surface area contributed by atoms with E-state index >= 15 is 0 Å². The number of carboxylic acid groups (broad SMARTS) is 1. The van der Waals surface area contributed by atoms with Crippen molar-refractivity contribution in [2.45, 2.75) is 51.3 Å². The molecule has 0 aromatic heterocycles. The maximum absolute atomic E-state index is 11.8. The van der Waals surface area contributed by atoms with Gasteiger partial charge in [0.25, 0.3) is 0 Å². The molecule has 0 bridgehead atoms. The SMILES string of the molecule is CC(CO)NC1(CC(=O)O)CN(C(=O)OC(C)(C)C)C1. The van der Waals surface area contributed by atoms with E-state index in [1.807, 2.05) is 0 Å². The number of rotatable bonds is 5. The Labute approximate surface area is 118 Å². The number of aliphatic hydroxyl groups is 1. The van der Waals surface area contributed by atoms with Gasteiger partial charge in [-0.3, -0.25) is 4.79 Å². The highest BCUT2D eigenvalue weighted by Crippen LogP contribution is 2.27. The molecule has 1 heterocycles. The fourth-order valence-electron chi connectivity index (χ4n) is 2.25. The van der Waals surface area contributed by atoms with Crippen molar-refractivity contribution in [3.63, 3.8) is 0 Å². The summed E-state index contributed by atoms with van der Waals surface area (Å²) in [6.45, 7) is 7.54. The molecule has 0 spiro atoms. The van der Waals surface area contributed by atoms with Crippen molar-refractivity contribution in [3.8, 4) is 0 Å². The largest absolute Gasteiger partial charge is 0.481 e. The molecule has 1 aliphatic heterocycles. The Kier molecular flexibility index (Phi) is 4.99. The third-order valence-electron chi connectivity index (χ3n) is 2.95. The van der Waals surface area contributed by atoms with Gasteiger partial charge in [0.05, 0.1) is 18.6 Å². The van der Waals surface area contributed by atoms with E-state index in [1.165, 1.54) is 4.90 Å². The summed E-state index contributed by atoms with van der Waals surface area (Å²) in [5.41, 5.74) is -1.27. The number of carbonyl (C=O) groups excluding carboxylic acids is 1. The van der Waals surface area contributed by atoms with Crippen LogP contribution in [0.15, 0.2) is 0 Å². The quantitative estimate of drug-likeness (QED) is 0.678. The molecule has 1 amide bonds. The monoisotopic (exact) mass is 288 g/mol. The normalized spacial score (nSPS) is 19.1. The average Bonchev–Trinajstić information content (AvgIpc) is 2.21. The van der Waals surface area contributed by atoms with Gasteiger partial charge in [-0.1, -0.05) is 0 Å². The van der Waals surface area contributed by atoms with Crippen LogP contribution in [0.3, 0.4) is 0 Å². The van der Waals surface area contributed by atoms with Gasteiger partial charge in [0, 0.05) is 19.1 Å². The first-order chi connectivity index (χ1) is 9.07. The second-order valence-corrected chi connectivity index (χ2v) is 6.42. The van der Waals surface area contributed by atoms with Gasteiger partial charge in [0.2, 0.25) is 0 Å². The Morgan fingerprint density at radius 2 is 1.95 bits per heavy atom. The van der Waals surface area contributed by atoms with Crippen LogP contribution < -0.4 is 5.32 Å². The van der Waals surface area contributed by atoms with Crippen LogP contribution in [-0.4, -0.2) is 64.1 Å². The van der Waals surface area contributed by atoms with E-state index < -0.39 is 23.2 Å². The van der Waals surface area contributed by atoms with Crippen molar-refractivity contribution >= 4 is 12.1 Å². The number of carbonyl (C=O) groups is 2. The van der Waals surface area contributed by atoms with Crippen LogP contribution in [0.5, 0.6) is 0 Å². The smallest absolute Gasteiger partial charge is 0.410 e. The number of ether oxygens (including phenoxy) is 1. The minimum absolute atomic E-state index is 0.0895. The molecule has 0 aliphatic carbocycles. The van der Waals surface area contributed by atoms with Crippen LogP contribution in [0.1, 0.15) is 34.1 Å². The number of likely N-dealkylation sites (tertiary alicyclic amines) is 1. The highest BCUT2D eigenvalue weighted by Gasteiger charge is 2.48. The van der Waals surface area contributed by atoms with Crippen molar-refractivity contribution in [2.75, 3.05) is 19.7 Å². The summed E-state index contributed by atoms with van der Waals surface area (Å²) >= 11 is 0. The highest BCUT2D eigenvalue weighted by atomic mass is 16.6. The van der Waals surface area contributed by atoms with Crippen LogP contribution in [0.25, 0.3) is 0 Å². The average molecular weight is 288 g/mol. The number of nitrogens with one attached hydrogen (secondary N) is 1. The Balaban J connectivity index is 2.61. The topological polar surface area (TPSA) is 99.1 Å². The molecule has 0 aromatic rings. The van der Waals surface area contributed by atoms with Crippen molar-refractivity contribution in [2.24, 2.45) is 0 Å². The minimum atomic E-state index is -0.938. The van der Waals surface area contributed by atoms with Crippen LogP contribution in [-0.2, 0) is 9.53 Å². The van der Waals surface area contributed by atoms with E-state index in [4.69, 9.17) is 14.9 Å². The zero-order valence-corrected chi connectivity index (χ0v) is 12.5. The summed E-state index contributed by atoms with van der Waals surface area (Å²) in [4.78, 5) is 24.3. The van der Waals surface area contributed by atoms with Gasteiger partial charge in [-0.15, -0.1) is 0 Å². The zero-order valence-electron chi connectivity index (χ0n) is 12.5. The lowest BCUT2D eigenvalue weighted by molar-refractivity contribution is -0.141. The molecule has 0 radical (unpaired) electrons. The fraction of sp³-hybridized carbons (Fsp3) is 0.846. The third kappa shape index (κ3) is 4.64. The number of hydrogen-bond donors (Lipinski definition) is 3. The molecule has 7 nitrogen and oxygen atoms in total. The molecule has 1 atom stereocenters. The summed E-state index contributed by atoms with van der Waals surface area (Å²) in [6, 6.07) is -0.227. The van der Waals surface area contributed by atoms with Crippen molar-refractivity contribution in [1.82, 2.24) is 10.2 Å². The number of nitrogens with zero attached hydrogens (tertiary/aromatic N) is 1. The molecule has 1 saturated heterocycles. The molecule has 1 unspecified atom stereocenters. The molecule has 1 fully saturated rings. The summed E-state index contributed by atoms with van der Waals surface area (Å²) in [7, 11) is 0. The van der Waals surface area contributed by atoms with E-state index in [9.17, 15) is 9.59 Å². The maximum Gasteiger partial charge on any atom is 0.410 e. The summed E-state index contributed by atoms with van der Waals surface area (Å²) < 4.78 is 5.23. The number of amides is 1. The van der Waals surface area contributed by atoms with Crippen LogP contribution in [0, 0.1) is 0 Å². The van der Waals surface area contributed by atoms with Gasteiger partial charge in [0.15, 0.2) is 0 Å². The molecule has 0 saturated carbocycles. The van der Waals surface area contributed by atoms with E-state index in [0.717, 1.165) is 0 Å². The predicted octanol–water partition coefficient (Wildman–Crippen LogP) is 0.421. The fourth-order valence-corrected chi connectivity index (χ4v) is 2.25. The predicted molar refractivity (Wildman–Crippen MR) is 72.5 cm³/mol. The van der Waals surface area contributed by atoms with Gasteiger partial charge in [-0.2, -0.15) is 0 Å². The molecule has 1 rings (SSSR count). The Bertz CT molecular complexity index is 371. The summed E-state index contributed by atoms with van der Waals surface area (Å²) in [5.74, 6) is -0.938. The third-order valence-corrected chi connectivity index (χ3v) is 2.95. The van der Waals surface area contributed by atoms with E-state index in [2.05, 4.69) is 5.32 Å². The summed E-state index contributed by atoms with van der Waals surface area (Å²) in [5, 5.41) is 21.1. The van der Waals surface area contributed by atoms with Gasteiger partial charge < -0.3 is 25.2 Å². The standard InChI is InChI=1S/C13H24N2O5/c1-9(6-16)14-13(5-10(17)18)7-15(8-13)11(19)20-12(2,3)4/h9,14,16H,5-8H2,1-4H3,(H,17,18). The lowest BCUT2D eigenvalue weighted by Crippen LogP contribution is -2.72. The molecule has 116 valence electrons. The lowest BCUT2D eigenvalue weighted by Gasteiger charge is -2.50. The molecule has 3 N–H and O–H groups in total. The van der Waals surface area contributed by atoms with Crippen LogP contribution >= 0.6 is 0 Å². The molecule has 20 heavy (non-hydrogen) atoms. The second kappa shape index (κ2) is 5.97. The first kappa shape index (κ1) is 16.7. The number of aliphatic hydroxyl groups excluding tert-OH is 1. The Morgan fingerprint density at radius 3 is 2.35 bits per heavy atom. The van der Waals surface area contributed by atoms with Gasteiger partial charge in [-0.25, -0.2) is 4.79 Å². The number of aliphatic carboxylic acids is 1. The first-order valence-electron chi connectivity index (χ1n) is 6.65. The molecule has 7 heteroatoms. The Hall–Kier alpha value is -1.34. The first-order valence-corrected chi connectivity index (χ1v) is 6.65. The van der Waals surface area contributed by atoms with Gasteiger partial charge in [0.1, 0.15) is 5.60 Å². The number of hydrogen-bond acceptors (Lipinski definition) is 5. The molecule has 0 aromatic carbocycles. The maximum atomic E-state index is 11.8. The molecular weight excluding hydrogens is 264 g/mol. The number of carboxylic acids is 1. The molecule has 1 aliphatic rings. The van der Waals surface area contributed by atoms with Gasteiger partial charge >= 0.3 is 12.1 Å². The van der Waals surface area contributed by atoms with Gasteiger partial charge in [-0.05, 0) is 27.7 Å². The second-order valence-electron chi connectivity index (χ2n) is 6.42. The summed E-state index contributed by atoms with van der Waals surface area (Å²) in [6.07, 6.45) is -0.548. The zero-order chi connectivity index (χ0) is 15.6. The van der Waals surface area contributed by atoms with Crippen molar-refractivity contribution < 1.29 is 24.5 Å². The van der Waals surface area contributed by atoms with E-state index in [0.29, 0.717) is 0 Å². The lowest BCUT2D eigenvalue weighted by atomic mass is 9.85. The van der Waals surface area contributed by atoms with Crippen molar-refractivity contribution in [1.29, 1.82) is 0 Å². The van der Waals surface area contributed by atoms with Crippen molar-refractivity contribution in [3.05, 3.63) is 0 Å².